The summed E-state index contributed by atoms with van der Waals surface area (Å²) >= 11 is 6.18. The van der Waals surface area contributed by atoms with Gasteiger partial charge in [-0.25, -0.2) is 22.7 Å². The molecule has 0 atom stereocenters. The number of carbonyl (C=O) groups is 1. The minimum absolute atomic E-state index is 0.0635. The van der Waals surface area contributed by atoms with Gasteiger partial charge in [0, 0.05) is 46.0 Å². The quantitative estimate of drug-likeness (QED) is 0.610. The van der Waals surface area contributed by atoms with E-state index >= 15 is 0 Å². The highest BCUT2D eigenvalue weighted by molar-refractivity contribution is 7.89. The zero-order valence-corrected chi connectivity index (χ0v) is 20.2. The van der Waals surface area contributed by atoms with Gasteiger partial charge in [0.2, 0.25) is 10.0 Å². The number of nitrogens with zero attached hydrogens (tertiary/aromatic N) is 5. The topological polar surface area (TPSA) is 125 Å². The first-order valence-corrected chi connectivity index (χ1v) is 12.0. The van der Waals surface area contributed by atoms with Crippen LogP contribution in [0.4, 0.5) is 17.2 Å². The minimum atomic E-state index is -3.75. The zero-order chi connectivity index (χ0) is 23.6. The second-order valence-electron chi connectivity index (χ2n) is 7.76. The minimum Gasteiger partial charge on any atom is -0.368 e. The SMILES string of the molecule is CCc1nc(C(N)=O)c(Nc2ccc(N3CCN(C)CC3)c(S(=O)(=O)N(C)C)c2)nc1Cl. The van der Waals surface area contributed by atoms with E-state index in [-0.39, 0.29) is 21.6 Å². The lowest BCUT2D eigenvalue weighted by Gasteiger charge is -2.35. The first kappa shape index (κ1) is 24.2. The van der Waals surface area contributed by atoms with Crippen molar-refractivity contribution in [3.8, 4) is 0 Å². The van der Waals surface area contributed by atoms with Crippen molar-refractivity contribution in [2.75, 3.05) is 57.5 Å². The Morgan fingerprint density at radius 1 is 1.22 bits per heavy atom. The van der Waals surface area contributed by atoms with E-state index in [1.54, 1.807) is 12.1 Å². The predicted molar refractivity (Wildman–Crippen MR) is 125 cm³/mol. The lowest BCUT2D eigenvalue weighted by atomic mass is 10.2. The Labute approximate surface area is 193 Å². The Bertz CT molecular complexity index is 1120. The number of rotatable bonds is 7. The van der Waals surface area contributed by atoms with Crippen molar-refractivity contribution in [1.29, 1.82) is 0 Å². The summed E-state index contributed by atoms with van der Waals surface area (Å²) in [7, 11) is 1.27. The molecule has 2 aromatic rings. The van der Waals surface area contributed by atoms with Gasteiger partial charge in [0.05, 0.1) is 11.4 Å². The van der Waals surface area contributed by atoms with Crippen molar-refractivity contribution in [3.05, 3.63) is 34.7 Å². The van der Waals surface area contributed by atoms with Gasteiger partial charge >= 0.3 is 0 Å². The number of primary amides is 1. The maximum absolute atomic E-state index is 13.1. The van der Waals surface area contributed by atoms with Gasteiger partial charge in [0.15, 0.2) is 16.7 Å². The monoisotopic (exact) mass is 481 g/mol. The van der Waals surface area contributed by atoms with E-state index in [0.717, 1.165) is 13.1 Å². The van der Waals surface area contributed by atoms with Gasteiger partial charge in [-0.15, -0.1) is 0 Å². The summed E-state index contributed by atoms with van der Waals surface area (Å²) in [6.07, 6.45) is 0.483. The Hall–Kier alpha value is -2.47. The summed E-state index contributed by atoms with van der Waals surface area (Å²) in [5.41, 5.74) is 6.90. The lowest BCUT2D eigenvalue weighted by Crippen LogP contribution is -2.45. The van der Waals surface area contributed by atoms with Crippen LogP contribution in [0.25, 0.3) is 0 Å². The fraction of sp³-hybridized carbons (Fsp3) is 0.450. The lowest BCUT2D eigenvalue weighted by molar-refractivity contribution is 0.0996. The number of nitrogens with one attached hydrogen (secondary N) is 1. The highest BCUT2D eigenvalue weighted by Crippen LogP contribution is 2.32. The van der Waals surface area contributed by atoms with E-state index in [2.05, 4.69) is 25.1 Å². The van der Waals surface area contributed by atoms with Crippen LogP contribution in [0.15, 0.2) is 23.1 Å². The Balaban J connectivity index is 2.06. The summed E-state index contributed by atoms with van der Waals surface area (Å²) in [5, 5.41) is 3.11. The molecular formula is C20H28ClN7O3S. The Kier molecular flexibility index (Phi) is 7.23. The molecule has 1 aliphatic rings. The first-order valence-electron chi connectivity index (χ1n) is 10.2. The molecular weight excluding hydrogens is 454 g/mol. The molecule has 1 aliphatic heterocycles. The Morgan fingerprint density at radius 2 is 1.88 bits per heavy atom. The fourth-order valence-electron chi connectivity index (χ4n) is 3.37. The number of hydrogen-bond donors (Lipinski definition) is 2. The number of aromatic nitrogens is 2. The van der Waals surface area contributed by atoms with Crippen LogP contribution in [0.3, 0.4) is 0 Å². The fourth-order valence-corrected chi connectivity index (χ4v) is 4.77. The van der Waals surface area contributed by atoms with Crippen molar-refractivity contribution >= 4 is 44.7 Å². The molecule has 32 heavy (non-hydrogen) atoms. The highest BCUT2D eigenvalue weighted by atomic mass is 35.5. The number of nitrogens with two attached hydrogens (primary N) is 1. The molecule has 0 bridgehead atoms. The number of halogens is 1. The van der Waals surface area contributed by atoms with Gasteiger partial charge < -0.3 is 20.9 Å². The van der Waals surface area contributed by atoms with Gasteiger partial charge in [-0.1, -0.05) is 18.5 Å². The second kappa shape index (κ2) is 9.57. The summed E-state index contributed by atoms with van der Waals surface area (Å²) in [4.78, 5) is 24.8. The van der Waals surface area contributed by atoms with Crippen LogP contribution in [0.2, 0.25) is 5.15 Å². The van der Waals surface area contributed by atoms with Crippen LogP contribution in [0, 0.1) is 0 Å². The van der Waals surface area contributed by atoms with E-state index in [9.17, 15) is 13.2 Å². The van der Waals surface area contributed by atoms with Crippen LogP contribution in [-0.2, 0) is 16.4 Å². The van der Waals surface area contributed by atoms with Crippen molar-refractivity contribution in [2.24, 2.45) is 5.73 Å². The molecule has 12 heteroatoms. The molecule has 0 unspecified atom stereocenters. The Morgan fingerprint density at radius 3 is 2.44 bits per heavy atom. The molecule has 174 valence electrons. The maximum Gasteiger partial charge on any atom is 0.271 e. The number of carbonyl (C=O) groups excluding carboxylic acids is 1. The van der Waals surface area contributed by atoms with E-state index in [1.807, 2.05) is 14.0 Å². The van der Waals surface area contributed by atoms with Gasteiger partial charge in [-0.05, 0) is 31.7 Å². The molecule has 0 radical (unpaired) electrons. The third-order valence-corrected chi connectivity index (χ3v) is 7.46. The summed E-state index contributed by atoms with van der Waals surface area (Å²) in [5.74, 6) is -0.693. The number of benzene rings is 1. The molecule has 1 aromatic heterocycles. The van der Waals surface area contributed by atoms with E-state index in [4.69, 9.17) is 17.3 Å². The van der Waals surface area contributed by atoms with Gasteiger partial charge in [-0.3, -0.25) is 4.79 Å². The van der Waals surface area contributed by atoms with Crippen molar-refractivity contribution in [2.45, 2.75) is 18.2 Å². The number of piperazine rings is 1. The van der Waals surface area contributed by atoms with Crippen LogP contribution in [0.5, 0.6) is 0 Å². The molecule has 10 nitrogen and oxygen atoms in total. The third kappa shape index (κ3) is 4.96. The summed E-state index contributed by atoms with van der Waals surface area (Å²) in [6.45, 7) is 4.93. The van der Waals surface area contributed by atoms with Gasteiger partial charge in [0.1, 0.15) is 4.90 Å². The number of likely N-dealkylation sites (N-methyl/N-ethyl adjacent to an activating group) is 1. The van der Waals surface area contributed by atoms with Gasteiger partial charge in [-0.2, -0.15) is 0 Å². The van der Waals surface area contributed by atoms with Gasteiger partial charge in [0.25, 0.3) is 5.91 Å². The van der Waals surface area contributed by atoms with Crippen LogP contribution in [-0.4, -0.2) is 80.8 Å². The summed E-state index contributed by atoms with van der Waals surface area (Å²) in [6, 6.07) is 5.01. The number of aryl methyl sites for hydroxylation is 1. The van der Waals surface area contributed by atoms with E-state index < -0.39 is 15.9 Å². The average molecular weight is 482 g/mol. The third-order valence-electron chi connectivity index (χ3n) is 5.31. The smallest absolute Gasteiger partial charge is 0.271 e. The second-order valence-corrected chi connectivity index (χ2v) is 10.2. The summed E-state index contributed by atoms with van der Waals surface area (Å²) < 4.78 is 27.4. The highest BCUT2D eigenvalue weighted by Gasteiger charge is 2.27. The molecule has 3 N–H and O–H groups in total. The molecule has 1 fully saturated rings. The van der Waals surface area contributed by atoms with Crippen molar-refractivity contribution < 1.29 is 13.2 Å². The molecule has 2 heterocycles. The molecule has 1 amide bonds. The van der Waals surface area contributed by atoms with Crippen LogP contribution >= 0.6 is 11.6 Å². The molecule has 3 rings (SSSR count). The maximum atomic E-state index is 13.1. The molecule has 1 saturated heterocycles. The first-order chi connectivity index (χ1) is 15.0. The number of sulfonamides is 1. The molecule has 0 spiro atoms. The zero-order valence-electron chi connectivity index (χ0n) is 18.6. The number of hydrogen-bond acceptors (Lipinski definition) is 8. The molecule has 1 aromatic carbocycles. The standard InChI is InChI=1S/C20H28ClN7O3S/c1-5-14-18(21)25-20(17(24-14)19(22)29)23-13-6-7-15(28-10-8-27(4)9-11-28)16(12-13)32(30,31)26(2)3/h6-7,12H,5,8-11H2,1-4H3,(H2,22,29)(H,23,25). The molecule has 0 aliphatic carbocycles. The number of anilines is 3. The van der Waals surface area contributed by atoms with Crippen LogP contribution < -0.4 is 16.0 Å². The predicted octanol–water partition coefficient (Wildman–Crippen LogP) is 1.54. The normalized spacial score (nSPS) is 15.2. The van der Waals surface area contributed by atoms with Crippen molar-refractivity contribution in [1.82, 2.24) is 19.2 Å². The molecule has 0 saturated carbocycles. The van der Waals surface area contributed by atoms with E-state index in [0.29, 0.717) is 36.6 Å². The van der Waals surface area contributed by atoms with E-state index in [1.165, 1.54) is 24.5 Å². The van der Waals surface area contributed by atoms with Crippen molar-refractivity contribution in [3.63, 3.8) is 0 Å². The number of amides is 1. The average Bonchev–Trinajstić information content (AvgIpc) is 2.74. The van der Waals surface area contributed by atoms with Crippen LogP contribution in [0.1, 0.15) is 23.1 Å². The largest absolute Gasteiger partial charge is 0.368 e.